The van der Waals surface area contributed by atoms with Crippen LogP contribution in [0.15, 0.2) is 16.7 Å². The van der Waals surface area contributed by atoms with Gasteiger partial charge in [-0.25, -0.2) is 0 Å². The Balaban J connectivity index is 1.66. The van der Waals surface area contributed by atoms with Crippen LogP contribution in [0.2, 0.25) is 0 Å². The van der Waals surface area contributed by atoms with E-state index in [1.165, 1.54) is 0 Å². The number of likely N-dealkylation sites (tertiary alicyclic amines) is 1. The van der Waals surface area contributed by atoms with E-state index in [0.29, 0.717) is 18.8 Å². The molecule has 120 valence electrons. The monoisotopic (exact) mass is 314 g/mol. The lowest BCUT2D eigenvalue weighted by Gasteiger charge is -2.31. The molecule has 0 amide bonds. The number of halogens is 3. The first kappa shape index (κ1) is 15.1. The lowest BCUT2D eigenvalue weighted by atomic mass is 9.94. The predicted octanol–water partition coefficient (Wildman–Crippen LogP) is 3.10. The Morgan fingerprint density at radius 3 is 2.86 bits per heavy atom. The third-order valence-electron chi connectivity index (χ3n) is 3.90. The highest BCUT2D eigenvalue weighted by molar-refractivity contribution is 5.16. The molecule has 1 aliphatic rings. The van der Waals surface area contributed by atoms with E-state index in [2.05, 4.69) is 20.3 Å². The Bertz CT molecular complexity index is 634. The smallest absolute Gasteiger partial charge is 0.361 e. The van der Waals surface area contributed by atoms with Gasteiger partial charge < -0.3 is 4.52 Å². The van der Waals surface area contributed by atoms with E-state index in [0.717, 1.165) is 36.9 Å². The molecule has 0 saturated carbocycles. The van der Waals surface area contributed by atoms with Gasteiger partial charge in [0.25, 0.3) is 0 Å². The average molecular weight is 314 g/mol. The number of nitrogens with one attached hydrogen (secondary N) is 1. The van der Waals surface area contributed by atoms with Gasteiger partial charge in [-0.05, 0) is 32.4 Å². The maximum absolute atomic E-state index is 12.6. The molecule has 0 spiro atoms. The van der Waals surface area contributed by atoms with Gasteiger partial charge in [0.1, 0.15) is 5.76 Å². The van der Waals surface area contributed by atoms with E-state index in [1.54, 1.807) is 0 Å². The molecule has 0 radical (unpaired) electrons. The zero-order valence-electron chi connectivity index (χ0n) is 12.2. The van der Waals surface area contributed by atoms with Gasteiger partial charge in [-0.15, -0.1) is 0 Å². The molecule has 1 atom stereocenters. The number of H-pyrrole nitrogens is 1. The first-order valence-electron chi connectivity index (χ1n) is 7.19. The fourth-order valence-electron chi connectivity index (χ4n) is 2.87. The van der Waals surface area contributed by atoms with Crippen molar-refractivity contribution in [2.45, 2.75) is 38.4 Å². The van der Waals surface area contributed by atoms with Crippen LogP contribution in [0.5, 0.6) is 0 Å². The highest BCUT2D eigenvalue weighted by Gasteiger charge is 2.35. The Morgan fingerprint density at radius 2 is 2.23 bits per heavy atom. The summed E-state index contributed by atoms with van der Waals surface area (Å²) in [5, 5.41) is 9.88. The fraction of sp³-hybridized carbons (Fsp3) is 0.571. The Labute approximate surface area is 125 Å². The van der Waals surface area contributed by atoms with E-state index in [-0.39, 0.29) is 5.92 Å². The first-order chi connectivity index (χ1) is 10.4. The quantitative estimate of drug-likeness (QED) is 0.946. The van der Waals surface area contributed by atoms with Crippen molar-refractivity contribution in [1.82, 2.24) is 20.3 Å². The molecular weight excluding hydrogens is 297 g/mol. The standard InChI is InChI=1S/C14H17F3N4O/c1-9-5-11(20-22-9)8-21-4-2-3-10(7-21)12-6-13(19-18-12)14(15,16)17/h5-6,10H,2-4,7-8H2,1H3,(H,18,19)/t10-/m1/s1. The molecule has 1 aliphatic heterocycles. The molecule has 0 aliphatic carbocycles. The molecule has 8 heteroatoms. The summed E-state index contributed by atoms with van der Waals surface area (Å²) < 4.78 is 42.9. The molecular formula is C14H17F3N4O. The van der Waals surface area contributed by atoms with Crippen LogP contribution in [-0.2, 0) is 12.7 Å². The summed E-state index contributed by atoms with van der Waals surface area (Å²) in [5.41, 5.74) is 0.541. The molecule has 1 saturated heterocycles. The first-order valence-corrected chi connectivity index (χ1v) is 7.19. The van der Waals surface area contributed by atoms with Crippen LogP contribution in [-0.4, -0.2) is 33.3 Å². The lowest BCUT2D eigenvalue weighted by Crippen LogP contribution is -2.34. The summed E-state index contributed by atoms with van der Waals surface area (Å²) in [4.78, 5) is 2.18. The Kier molecular flexibility index (Phi) is 3.94. The van der Waals surface area contributed by atoms with Gasteiger partial charge in [0.15, 0.2) is 5.69 Å². The average Bonchev–Trinajstić information content (AvgIpc) is 3.08. The molecule has 2 aromatic rings. The summed E-state index contributed by atoms with van der Waals surface area (Å²) in [5.74, 6) is 0.789. The number of alkyl halides is 3. The van der Waals surface area contributed by atoms with Crippen molar-refractivity contribution in [2.75, 3.05) is 13.1 Å². The number of nitrogens with zero attached hydrogens (tertiary/aromatic N) is 3. The fourth-order valence-corrected chi connectivity index (χ4v) is 2.87. The van der Waals surface area contributed by atoms with E-state index >= 15 is 0 Å². The zero-order valence-corrected chi connectivity index (χ0v) is 12.2. The Hall–Kier alpha value is -1.83. The SMILES string of the molecule is Cc1cc(CN2CCC[C@@H](c3cc(C(F)(F)F)n[nH]3)C2)no1. The number of aromatic amines is 1. The van der Waals surface area contributed by atoms with Crippen LogP contribution in [0, 0.1) is 6.92 Å². The maximum atomic E-state index is 12.6. The number of piperidine rings is 1. The number of hydrogen-bond donors (Lipinski definition) is 1. The van der Waals surface area contributed by atoms with Crippen LogP contribution in [0.3, 0.4) is 0 Å². The highest BCUT2D eigenvalue weighted by atomic mass is 19.4. The molecule has 3 rings (SSSR count). The number of aromatic nitrogens is 3. The third kappa shape index (κ3) is 3.32. The summed E-state index contributed by atoms with van der Waals surface area (Å²) in [6.07, 6.45) is -2.61. The van der Waals surface area contributed by atoms with Crippen molar-refractivity contribution in [2.24, 2.45) is 0 Å². The molecule has 0 unspecified atom stereocenters. The minimum absolute atomic E-state index is 0.0327. The van der Waals surface area contributed by atoms with Gasteiger partial charge in [0.05, 0.1) is 5.69 Å². The van der Waals surface area contributed by atoms with Gasteiger partial charge in [-0.1, -0.05) is 5.16 Å². The molecule has 22 heavy (non-hydrogen) atoms. The van der Waals surface area contributed by atoms with E-state index in [1.807, 2.05) is 13.0 Å². The highest BCUT2D eigenvalue weighted by Crippen LogP contribution is 2.32. The van der Waals surface area contributed by atoms with Gasteiger partial charge in [0, 0.05) is 30.8 Å². The van der Waals surface area contributed by atoms with Crippen molar-refractivity contribution < 1.29 is 17.7 Å². The largest absolute Gasteiger partial charge is 0.435 e. The third-order valence-corrected chi connectivity index (χ3v) is 3.90. The molecule has 5 nitrogen and oxygen atoms in total. The second-order valence-electron chi connectivity index (χ2n) is 5.71. The predicted molar refractivity (Wildman–Crippen MR) is 72.1 cm³/mol. The maximum Gasteiger partial charge on any atom is 0.435 e. The molecule has 3 heterocycles. The normalized spacial score (nSPS) is 20.5. The van der Waals surface area contributed by atoms with E-state index in [9.17, 15) is 13.2 Å². The van der Waals surface area contributed by atoms with Crippen molar-refractivity contribution in [1.29, 1.82) is 0 Å². The van der Waals surface area contributed by atoms with Crippen molar-refractivity contribution in [3.8, 4) is 0 Å². The summed E-state index contributed by atoms with van der Waals surface area (Å²) in [7, 11) is 0. The van der Waals surface area contributed by atoms with Crippen molar-refractivity contribution in [3.63, 3.8) is 0 Å². The second-order valence-corrected chi connectivity index (χ2v) is 5.71. The molecule has 1 fully saturated rings. The Morgan fingerprint density at radius 1 is 1.41 bits per heavy atom. The van der Waals surface area contributed by atoms with Crippen LogP contribution in [0.4, 0.5) is 13.2 Å². The zero-order chi connectivity index (χ0) is 15.7. The van der Waals surface area contributed by atoms with E-state index in [4.69, 9.17) is 4.52 Å². The van der Waals surface area contributed by atoms with Gasteiger partial charge in [0.2, 0.25) is 0 Å². The number of aryl methyl sites for hydroxylation is 1. The molecule has 0 aromatic carbocycles. The van der Waals surface area contributed by atoms with Crippen LogP contribution in [0.25, 0.3) is 0 Å². The summed E-state index contributed by atoms with van der Waals surface area (Å²) in [6, 6.07) is 3.00. The number of hydrogen-bond acceptors (Lipinski definition) is 4. The molecule has 1 N–H and O–H groups in total. The second kappa shape index (κ2) is 5.75. The minimum atomic E-state index is -4.40. The summed E-state index contributed by atoms with van der Waals surface area (Å²) >= 11 is 0. The summed E-state index contributed by atoms with van der Waals surface area (Å²) in [6.45, 7) is 4.07. The van der Waals surface area contributed by atoms with Gasteiger partial charge >= 0.3 is 6.18 Å². The van der Waals surface area contributed by atoms with Gasteiger partial charge in [-0.2, -0.15) is 18.3 Å². The molecule has 2 aromatic heterocycles. The van der Waals surface area contributed by atoms with Crippen molar-refractivity contribution >= 4 is 0 Å². The topological polar surface area (TPSA) is 58.0 Å². The number of rotatable bonds is 3. The lowest BCUT2D eigenvalue weighted by molar-refractivity contribution is -0.141. The van der Waals surface area contributed by atoms with Crippen molar-refractivity contribution in [3.05, 3.63) is 35.0 Å². The van der Waals surface area contributed by atoms with Crippen LogP contribution in [0.1, 0.15) is 41.6 Å². The van der Waals surface area contributed by atoms with Gasteiger partial charge in [-0.3, -0.25) is 10.00 Å². The van der Waals surface area contributed by atoms with E-state index < -0.39 is 11.9 Å². The van der Waals surface area contributed by atoms with Crippen LogP contribution < -0.4 is 0 Å². The van der Waals surface area contributed by atoms with Crippen LogP contribution >= 0.6 is 0 Å². The minimum Gasteiger partial charge on any atom is -0.361 e. The molecule has 0 bridgehead atoms.